The van der Waals surface area contributed by atoms with Crippen molar-refractivity contribution < 1.29 is 53.6 Å². The molecule has 6 atom stereocenters. The summed E-state index contributed by atoms with van der Waals surface area (Å²) in [6.45, 7) is 16.9. The van der Waals surface area contributed by atoms with Crippen LogP contribution in [0.5, 0.6) is 0 Å². The highest BCUT2D eigenvalue weighted by Gasteiger charge is 2.30. The fourth-order valence-corrected chi connectivity index (χ4v) is 4.94. The number of carbonyl (C=O) groups excluding carboxylic acids is 5. The van der Waals surface area contributed by atoms with Gasteiger partial charge in [-0.15, -0.1) is 0 Å². The van der Waals surface area contributed by atoms with Crippen LogP contribution in [0.25, 0.3) is 0 Å². The summed E-state index contributed by atoms with van der Waals surface area (Å²) >= 11 is 0. The number of ether oxygens (including phenoxy) is 2. The number of alkyl carbamates (subject to hydrolysis) is 2. The molecule has 0 radical (unpaired) electrons. The van der Waals surface area contributed by atoms with Crippen LogP contribution in [0.3, 0.4) is 0 Å². The Labute approximate surface area is 348 Å². The lowest BCUT2D eigenvalue weighted by molar-refractivity contribution is -0.140. The minimum Gasteiger partial charge on any atom is -0.480 e. The molecule has 0 spiro atoms. The zero-order valence-electron chi connectivity index (χ0n) is 36.2. The molecule has 2 rings (SSSR count). The van der Waals surface area contributed by atoms with Crippen molar-refractivity contribution in [2.45, 2.75) is 142 Å². The average Bonchev–Trinajstić information content (AvgIpc) is 3.14. The number of carboxylic acids is 1. The van der Waals surface area contributed by atoms with Gasteiger partial charge in [0.1, 0.15) is 17.7 Å². The van der Waals surface area contributed by atoms with Crippen molar-refractivity contribution in [3.05, 3.63) is 71.8 Å². The minimum atomic E-state index is -1.54. The van der Waals surface area contributed by atoms with Crippen LogP contribution >= 0.6 is 0 Å². The summed E-state index contributed by atoms with van der Waals surface area (Å²) in [4.78, 5) is 69.9. The van der Waals surface area contributed by atoms with E-state index in [-0.39, 0.29) is 24.5 Å². The van der Waals surface area contributed by atoms with Crippen LogP contribution in [0.4, 0.5) is 9.59 Å². The standard InChI is InChI=1S/C21H33N3O5.C13H24N2O6.C8H11N/c1-6-10-16(24-20(28)29-21(3,4)5)18(26)19(27)22-13-17(25)23-14(2)15-11-8-7-9-12-15;1-5-6-8(15-12(20)21-13(2,3)4)10(18)11(19)14-7-9(16)17;1-7(9)8-5-3-2-4-6-8/h7-9,11-12,14,16,18,26H,6,10,13H2,1-5H3,(H,22,27)(H,23,25)(H,24,28);8,10,18H,5-7H2,1-4H3,(H,14,19)(H,15,20)(H,16,17);2-7H,9H2,1H3/t14-,16?,18?;;7-/m1.1/s1. The lowest BCUT2D eigenvalue weighted by atomic mass is 10.1. The molecule has 0 bridgehead atoms. The number of aliphatic hydroxyl groups excluding tert-OH is 2. The highest BCUT2D eigenvalue weighted by Crippen LogP contribution is 2.12. The number of carboxylic acid groups (broad SMARTS) is 1. The van der Waals surface area contributed by atoms with Gasteiger partial charge < -0.3 is 57.1 Å². The molecule has 0 fully saturated rings. The van der Waals surface area contributed by atoms with E-state index in [1.54, 1.807) is 41.5 Å². The molecule has 17 nitrogen and oxygen atoms in total. The van der Waals surface area contributed by atoms with Crippen LogP contribution in [0.2, 0.25) is 0 Å². The quantitative estimate of drug-likeness (QED) is 0.110. The van der Waals surface area contributed by atoms with E-state index < -0.39 is 72.0 Å². The summed E-state index contributed by atoms with van der Waals surface area (Å²) < 4.78 is 10.2. The highest BCUT2D eigenvalue weighted by atomic mass is 16.6. The Balaban J connectivity index is 0.000000970. The average molecular weight is 833 g/mol. The monoisotopic (exact) mass is 832 g/mol. The molecule has 0 saturated heterocycles. The fraction of sp³-hybridized carbons (Fsp3) is 0.571. The number of aliphatic carboxylic acids is 1. The molecule has 2 aromatic rings. The maximum Gasteiger partial charge on any atom is 0.407 e. The Morgan fingerprint density at radius 3 is 1.32 bits per heavy atom. The number of amides is 5. The third-order valence-corrected chi connectivity index (χ3v) is 7.74. The number of nitrogens with two attached hydrogens (primary N) is 1. The predicted molar refractivity (Wildman–Crippen MR) is 224 cm³/mol. The van der Waals surface area contributed by atoms with Gasteiger partial charge in [0.25, 0.3) is 11.8 Å². The molecule has 59 heavy (non-hydrogen) atoms. The van der Waals surface area contributed by atoms with Gasteiger partial charge in [0, 0.05) is 6.04 Å². The van der Waals surface area contributed by atoms with Gasteiger partial charge >= 0.3 is 18.2 Å². The molecule has 332 valence electrons. The van der Waals surface area contributed by atoms with Crippen LogP contribution in [-0.4, -0.2) is 99.8 Å². The number of benzene rings is 2. The van der Waals surface area contributed by atoms with Crippen LogP contribution in [-0.2, 0) is 28.7 Å². The second-order valence-electron chi connectivity index (χ2n) is 15.7. The number of carbonyl (C=O) groups is 6. The van der Waals surface area contributed by atoms with Gasteiger partial charge in [-0.25, -0.2) is 9.59 Å². The minimum absolute atomic E-state index is 0.159. The Bertz CT molecular complexity index is 1560. The SMILES string of the molecule is CCCC(NC(=O)OC(C)(C)C)C(O)C(=O)NCC(=O)N[C@H](C)c1ccccc1.CCCC(NC(=O)OC(C)(C)C)C(O)C(=O)NCC(=O)O.C[C@@H](N)c1ccccc1. The number of hydrogen-bond acceptors (Lipinski definition) is 11. The van der Waals surface area contributed by atoms with E-state index in [9.17, 15) is 39.0 Å². The molecule has 2 aromatic carbocycles. The molecule has 4 unspecified atom stereocenters. The lowest BCUT2D eigenvalue weighted by Crippen LogP contribution is -2.52. The van der Waals surface area contributed by atoms with Crippen molar-refractivity contribution in [3.8, 4) is 0 Å². The molecular weight excluding hydrogens is 764 g/mol. The van der Waals surface area contributed by atoms with Gasteiger partial charge in [0.05, 0.1) is 24.7 Å². The van der Waals surface area contributed by atoms with Gasteiger partial charge in [-0.3, -0.25) is 19.2 Å². The van der Waals surface area contributed by atoms with E-state index in [4.69, 9.17) is 20.3 Å². The van der Waals surface area contributed by atoms with Crippen LogP contribution in [0.15, 0.2) is 60.7 Å². The Morgan fingerprint density at radius 1 is 0.627 bits per heavy atom. The molecule has 10 N–H and O–H groups in total. The number of aliphatic hydroxyl groups is 2. The topological polar surface area (TPSA) is 268 Å². The number of hydrogen-bond donors (Lipinski definition) is 9. The second-order valence-corrected chi connectivity index (χ2v) is 15.7. The molecule has 0 heterocycles. The molecule has 0 aliphatic rings. The zero-order valence-corrected chi connectivity index (χ0v) is 36.2. The molecule has 0 aliphatic carbocycles. The Morgan fingerprint density at radius 2 is 1.00 bits per heavy atom. The van der Waals surface area contributed by atoms with Crippen molar-refractivity contribution in [2.75, 3.05) is 13.1 Å². The molecule has 5 amide bonds. The third kappa shape index (κ3) is 25.7. The van der Waals surface area contributed by atoms with Crippen molar-refractivity contribution >= 4 is 35.9 Å². The van der Waals surface area contributed by atoms with E-state index in [1.165, 1.54) is 5.56 Å². The van der Waals surface area contributed by atoms with Crippen LogP contribution in [0.1, 0.15) is 118 Å². The van der Waals surface area contributed by atoms with Gasteiger partial charge in [0.15, 0.2) is 12.2 Å². The summed E-state index contributed by atoms with van der Waals surface area (Å²) in [5.41, 5.74) is 6.36. The summed E-state index contributed by atoms with van der Waals surface area (Å²) in [5.74, 6) is -3.19. The first kappa shape index (κ1) is 53.7. The van der Waals surface area contributed by atoms with Gasteiger partial charge in [-0.05, 0) is 79.4 Å². The molecule has 0 aromatic heterocycles. The first-order chi connectivity index (χ1) is 27.4. The second kappa shape index (κ2) is 27.4. The predicted octanol–water partition coefficient (Wildman–Crippen LogP) is 3.98. The van der Waals surface area contributed by atoms with E-state index in [0.29, 0.717) is 25.7 Å². The molecular formula is C42H68N6O11. The normalized spacial score (nSPS) is 14.0. The Kier molecular flexibility index (Phi) is 25.0. The maximum absolute atomic E-state index is 12.3. The van der Waals surface area contributed by atoms with Crippen molar-refractivity contribution in [3.63, 3.8) is 0 Å². The number of nitrogens with one attached hydrogen (secondary N) is 5. The fourth-order valence-electron chi connectivity index (χ4n) is 4.94. The van der Waals surface area contributed by atoms with Crippen LogP contribution < -0.4 is 32.3 Å². The van der Waals surface area contributed by atoms with Crippen LogP contribution in [0, 0.1) is 0 Å². The van der Waals surface area contributed by atoms with Crippen molar-refractivity contribution in [1.29, 1.82) is 0 Å². The van der Waals surface area contributed by atoms with Crippen molar-refractivity contribution in [2.24, 2.45) is 5.73 Å². The summed E-state index contributed by atoms with van der Waals surface area (Å²) in [6, 6.07) is 17.8. The van der Waals surface area contributed by atoms with E-state index in [2.05, 4.69) is 26.6 Å². The molecule has 17 heteroatoms. The molecule has 0 aliphatic heterocycles. The van der Waals surface area contributed by atoms with Gasteiger partial charge in [0.2, 0.25) is 5.91 Å². The summed E-state index contributed by atoms with van der Waals surface area (Å²) in [5, 5.41) is 40.9. The van der Waals surface area contributed by atoms with Gasteiger partial charge in [-0.1, -0.05) is 87.4 Å². The number of rotatable bonds is 17. The van der Waals surface area contributed by atoms with Gasteiger partial charge in [-0.2, -0.15) is 0 Å². The van der Waals surface area contributed by atoms with E-state index >= 15 is 0 Å². The Hall–Kier alpha value is -5.26. The molecule has 0 saturated carbocycles. The first-order valence-electron chi connectivity index (χ1n) is 19.7. The maximum atomic E-state index is 12.3. The highest BCUT2D eigenvalue weighted by molar-refractivity contribution is 5.88. The summed E-state index contributed by atoms with van der Waals surface area (Å²) in [7, 11) is 0. The summed E-state index contributed by atoms with van der Waals surface area (Å²) in [6.07, 6.45) is -2.52. The lowest BCUT2D eigenvalue weighted by Gasteiger charge is -2.26. The zero-order chi connectivity index (χ0) is 45.3. The smallest absolute Gasteiger partial charge is 0.407 e. The largest absolute Gasteiger partial charge is 0.480 e. The van der Waals surface area contributed by atoms with E-state index in [0.717, 1.165) is 5.56 Å². The first-order valence-corrected chi connectivity index (χ1v) is 19.7. The third-order valence-electron chi connectivity index (χ3n) is 7.74. The van der Waals surface area contributed by atoms with Crippen molar-refractivity contribution in [1.82, 2.24) is 26.6 Å². The van der Waals surface area contributed by atoms with E-state index in [1.807, 2.05) is 88.4 Å².